The van der Waals surface area contributed by atoms with Crippen LogP contribution >= 0.6 is 0 Å². The molecule has 0 radical (unpaired) electrons. The molecule has 0 aliphatic heterocycles. The maximum absolute atomic E-state index is 12.0. The van der Waals surface area contributed by atoms with Crippen molar-refractivity contribution in [3.8, 4) is 0 Å². The maximum atomic E-state index is 12.0. The third kappa shape index (κ3) is 6.72. The third-order valence-corrected chi connectivity index (χ3v) is 3.55. The molecule has 0 saturated heterocycles. The van der Waals surface area contributed by atoms with Gasteiger partial charge in [0, 0.05) is 24.7 Å². The quantitative estimate of drug-likeness (QED) is 0.689. The number of hydrogen-bond donors (Lipinski definition) is 2. The first kappa shape index (κ1) is 18.2. The molecule has 1 aromatic carbocycles. The van der Waals surface area contributed by atoms with Crippen LogP contribution in [0.1, 0.15) is 44.0 Å². The molecular formula is C17H27N3O2. The monoisotopic (exact) mass is 305 g/mol. The summed E-state index contributed by atoms with van der Waals surface area (Å²) in [6.45, 7) is 9.69. The fourth-order valence-electron chi connectivity index (χ4n) is 2.21. The molecule has 22 heavy (non-hydrogen) atoms. The van der Waals surface area contributed by atoms with E-state index in [9.17, 15) is 9.59 Å². The van der Waals surface area contributed by atoms with Crippen LogP contribution in [-0.2, 0) is 4.79 Å². The van der Waals surface area contributed by atoms with Crippen molar-refractivity contribution < 1.29 is 9.59 Å². The summed E-state index contributed by atoms with van der Waals surface area (Å²) in [6.07, 6.45) is 2.07. The van der Waals surface area contributed by atoms with E-state index in [2.05, 4.69) is 29.4 Å². The highest BCUT2D eigenvalue weighted by atomic mass is 16.2. The summed E-state index contributed by atoms with van der Waals surface area (Å²) in [5, 5.41) is 5.60. The number of carbonyl (C=O) groups excluding carboxylic acids is 2. The Bertz CT molecular complexity index is 467. The predicted molar refractivity (Wildman–Crippen MR) is 90.1 cm³/mol. The van der Waals surface area contributed by atoms with E-state index in [1.165, 1.54) is 6.92 Å². The third-order valence-electron chi connectivity index (χ3n) is 3.55. The number of nitrogens with zero attached hydrogens (tertiary/aromatic N) is 1. The van der Waals surface area contributed by atoms with Crippen LogP contribution in [0.5, 0.6) is 0 Å². The highest BCUT2D eigenvalue weighted by Crippen LogP contribution is 2.09. The first-order chi connectivity index (χ1) is 10.6. The number of unbranched alkanes of at least 4 members (excludes halogenated alkanes) is 1. The van der Waals surface area contributed by atoms with Crippen LogP contribution in [0.2, 0.25) is 0 Å². The van der Waals surface area contributed by atoms with Gasteiger partial charge in [0.15, 0.2) is 0 Å². The Kier molecular flexibility index (Phi) is 8.22. The van der Waals surface area contributed by atoms with Gasteiger partial charge in [-0.25, -0.2) is 0 Å². The molecule has 2 N–H and O–H groups in total. The summed E-state index contributed by atoms with van der Waals surface area (Å²) < 4.78 is 0. The number of rotatable bonds is 9. The van der Waals surface area contributed by atoms with Crippen LogP contribution in [0.25, 0.3) is 0 Å². The van der Waals surface area contributed by atoms with Gasteiger partial charge >= 0.3 is 0 Å². The number of hydrogen-bond acceptors (Lipinski definition) is 3. The smallest absolute Gasteiger partial charge is 0.251 e. The van der Waals surface area contributed by atoms with E-state index in [1.54, 1.807) is 24.3 Å². The molecule has 0 aliphatic carbocycles. The lowest BCUT2D eigenvalue weighted by atomic mass is 10.2. The van der Waals surface area contributed by atoms with Crippen molar-refractivity contribution in [3.05, 3.63) is 29.8 Å². The fraction of sp³-hybridized carbons (Fsp3) is 0.529. The SMILES string of the molecule is CCN(CC)CCCCNC(=O)c1ccc(NC(C)=O)cc1. The first-order valence-corrected chi connectivity index (χ1v) is 7.95. The molecule has 5 heteroatoms. The van der Waals surface area contributed by atoms with Crippen LogP contribution < -0.4 is 10.6 Å². The fourth-order valence-corrected chi connectivity index (χ4v) is 2.21. The van der Waals surface area contributed by atoms with E-state index in [1.807, 2.05) is 0 Å². The van der Waals surface area contributed by atoms with Crippen molar-refractivity contribution in [2.75, 3.05) is 31.5 Å². The number of benzene rings is 1. The molecule has 0 saturated carbocycles. The predicted octanol–water partition coefficient (Wildman–Crippen LogP) is 2.50. The summed E-state index contributed by atoms with van der Waals surface area (Å²) in [5.74, 6) is -0.192. The lowest BCUT2D eigenvalue weighted by molar-refractivity contribution is -0.114. The van der Waals surface area contributed by atoms with E-state index in [0.717, 1.165) is 32.5 Å². The number of anilines is 1. The molecule has 0 heterocycles. The average Bonchev–Trinajstić information content (AvgIpc) is 2.51. The average molecular weight is 305 g/mol. The molecule has 0 unspecified atom stereocenters. The summed E-state index contributed by atoms with van der Waals surface area (Å²) in [4.78, 5) is 25.3. The van der Waals surface area contributed by atoms with E-state index in [4.69, 9.17) is 0 Å². The largest absolute Gasteiger partial charge is 0.352 e. The normalized spacial score (nSPS) is 10.5. The molecule has 122 valence electrons. The van der Waals surface area contributed by atoms with Crippen LogP contribution in [0.15, 0.2) is 24.3 Å². The Morgan fingerprint density at radius 1 is 1.05 bits per heavy atom. The minimum absolute atomic E-state index is 0.0720. The van der Waals surface area contributed by atoms with Crippen LogP contribution in [0.4, 0.5) is 5.69 Å². The van der Waals surface area contributed by atoms with Crippen LogP contribution in [-0.4, -0.2) is 42.9 Å². The number of carbonyl (C=O) groups is 2. The molecule has 0 bridgehead atoms. The number of amides is 2. The minimum atomic E-state index is -0.120. The van der Waals surface area contributed by atoms with Gasteiger partial charge in [0.1, 0.15) is 0 Å². The highest BCUT2D eigenvalue weighted by molar-refractivity contribution is 5.95. The van der Waals surface area contributed by atoms with E-state index < -0.39 is 0 Å². The van der Waals surface area contributed by atoms with Gasteiger partial charge in [0.25, 0.3) is 5.91 Å². The summed E-state index contributed by atoms with van der Waals surface area (Å²) in [6, 6.07) is 6.90. The number of nitrogens with one attached hydrogen (secondary N) is 2. The zero-order chi connectivity index (χ0) is 16.4. The Balaban J connectivity index is 2.29. The van der Waals surface area contributed by atoms with Gasteiger partial charge in [0.2, 0.25) is 5.91 Å². The van der Waals surface area contributed by atoms with Gasteiger partial charge in [-0.2, -0.15) is 0 Å². The molecule has 0 aromatic heterocycles. The van der Waals surface area contributed by atoms with Gasteiger partial charge in [-0.05, 0) is 56.7 Å². The van der Waals surface area contributed by atoms with Crippen molar-refractivity contribution in [3.63, 3.8) is 0 Å². The second-order valence-electron chi connectivity index (χ2n) is 5.25. The van der Waals surface area contributed by atoms with Gasteiger partial charge in [-0.15, -0.1) is 0 Å². The lowest BCUT2D eigenvalue weighted by Gasteiger charge is -2.17. The van der Waals surface area contributed by atoms with Crippen molar-refractivity contribution in [1.29, 1.82) is 0 Å². The van der Waals surface area contributed by atoms with Gasteiger partial charge in [-0.1, -0.05) is 13.8 Å². The molecule has 0 aliphatic rings. The lowest BCUT2D eigenvalue weighted by Crippen LogP contribution is -2.27. The van der Waals surface area contributed by atoms with Crippen molar-refractivity contribution in [1.82, 2.24) is 10.2 Å². The van der Waals surface area contributed by atoms with E-state index >= 15 is 0 Å². The molecule has 0 atom stereocenters. The molecule has 0 spiro atoms. The van der Waals surface area contributed by atoms with Gasteiger partial charge < -0.3 is 15.5 Å². The molecular weight excluding hydrogens is 278 g/mol. The topological polar surface area (TPSA) is 61.4 Å². The van der Waals surface area contributed by atoms with Gasteiger partial charge in [-0.3, -0.25) is 9.59 Å². The first-order valence-electron chi connectivity index (χ1n) is 7.95. The zero-order valence-electron chi connectivity index (χ0n) is 13.8. The molecule has 1 aromatic rings. The molecule has 0 fully saturated rings. The van der Waals surface area contributed by atoms with Crippen LogP contribution in [0.3, 0.4) is 0 Å². The second-order valence-corrected chi connectivity index (χ2v) is 5.25. The minimum Gasteiger partial charge on any atom is -0.352 e. The summed E-state index contributed by atoms with van der Waals surface area (Å²) in [7, 11) is 0. The van der Waals surface area contributed by atoms with Crippen molar-refractivity contribution >= 4 is 17.5 Å². The highest BCUT2D eigenvalue weighted by Gasteiger charge is 2.05. The van der Waals surface area contributed by atoms with Crippen molar-refractivity contribution in [2.45, 2.75) is 33.6 Å². The summed E-state index contributed by atoms with van der Waals surface area (Å²) >= 11 is 0. The molecule has 1 rings (SSSR count). The van der Waals surface area contributed by atoms with E-state index in [0.29, 0.717) is 17.8 Å². The molecule has 2 amide bonds. The second kappa shape index (κ2) is 9.95. The Labute approximate surface area is 133 Å². The van der Waals surface area contributed by atoms with Crippen LogP contribution in [0, 0.1) is 0 Å². The summed E-state index contributed by atoms with van der Waals surface area (Å²) in [5.41, 5.74) is 1.31. The van der Waals surface area contributed by atoms with Gasteiger partial charge in [0.05, 0.1) is 0 Å². The Morgan fingerprint density at radius 2 is 1.68 bits per heavy atom. The zero-order valence-corrected chi connectivity index (χ0v) is 13.8. The Morgan fingerprint density at radius 3 is 2.23 bits per heavy atom. The standard InChI is InChI=1S/C17H27N3O2/c1-4-20(5-2)13-7-6-12-18-17(22)15-8-10-16(11-9-15)19-14(3)21/h8-11H,4-7,12-13H2,1-3H3,(H,18,22)(H,19,21). The van der Waals surface area contributed by atoms with E-state index in [-0.39, 0.29) is 11.8 Å². The maximum Gasteiger partial charge on any atom is 0.251 e. The van der Waals surface area contributed by atoms with Crippen molar-refractivity contribution in [2.24, 2.45) is 0 Å². The Hall–Kier alpha value is -1.88. The molecule has 5 nitrogen and oxygen atoms in total.